The summed E-state index contributed by atoms with van der Waals surface area (Å²) in [5.41, 5.74) is 6.87. The average molecular weight is 375 g/mol. The Morgan fingerprint density at radius 2 is 1.88 bits per heavy atom. The first-order chi connectivity index (χ1) is 12.5. The van der Waals surface area contributed by atoms with Crippen LogP contribution in [0.2, 0.25) is 0 Å². The first-order valence-corrected chi connectivity index (χ1v) is 8.74. The number of methoxy groups -OCH3 is 1. The molecule has 0 spiro atoms. The van der Waals surface area contributed by atoms with Crippen molar-refractivity contribution in [3.63, 3.8) is 0 Å². The Labute approximate surface area is 157 Å². The first kappa shape index (κ1) is 19.7. The number of hydrogen-bond acceptors (Lipinski definition) is 3. The van der Waals surface area contributed by atoms with Gasteiger partial charge in [0.1, 0.15) is 11.6 Å². The van der Waals surface area contributed by atoms with Crippen LogP contribution in [0.1, 0.15) is 35.7 Å². The minimum atomic E-state index is -0.676. The van der Waals surface area contributed by atoms with Crippen molar-refractivity contribution < 1.29 is 13.9 Å². The number of aryl methyl sites for hydroxylation is 1. The van der Waals surface area contributed by atoms with E-state index in [9.17, 15) is 9.18 Å². The molecule has 26 heavy (non-hydrogen) atoms. The van der Waals surface area contributed by atoms with E-state index >= 15 is 0 Å². The van der Waals surface area contributed by atoms with Crippen LogP contribution in [0.25, 0.3) is 0 Å². The summed E-state index contributed by atoms with van der Waals surface area (Å²) < 4.78 is 18.8. The van der Waals surface area contributed by atoms with E-state index in [1.807, 2.05) is 24.3 Å². The van der Waals surface area contributed by atoms with Gasteiger partial charge in [-0.2, -0.15) is 0 Å². The highest BCUT2D eigenvalue weighted by Gasteiger charge is 2.12. The number of carbonyl (C=O) groups excluding carboxylic acids is 1. The van der Waals surface area contributed by atoms with Crippen molar-refractivity contribution in [2.24, 2.45) is 0 Å². The zero-order chi connectivity index (χ0) is 18.9. The molecule has 5 nitrogen and oxygen atoms in total. The number of carbonyl (C=O) groups is 1. The SMILES string of the molecule is CCCCc1ccc(NC(=S)NNC(=O)c2ccc(OC)cc2F)cc1. The minimum Gasteiger partial charge on any atom is -0.497 e. The second-order valence-corrected chi connectivity index (χ2v) is 6.09. The van der Waals surface area contributed by atoms with Crippen LogP contribution in [0, 0.1) is 5.82 Å². The number of rotatable bonds is 6. The molecule has 0 saturated heterocycles. The van der Waals surface area contributed by atoms with Gasteiger partial charge in [0.15, 0.2) is 5.11 Å². The van der Waals surface area contributed by atoms with E-state index in [1.165, 1.54) is 24.8 Å². The summed E-state index contributed by atoms with van der Waals surface area (Å²) in [5, 5.41) is 3.16. The highest BCUT2D eigenvalue weighted by molar-refractivity contribution is 7.80. The number of unbranched alkanes of at least 4 members (excludes halogenated alkanes) is 1. The van der Waals surface area contributed by atoms with Crippen LogP contribution in [-0.2, 0) is 6.42 Å². The molecule has 0 saturated carbocycles. The number of benzene rings is 2. The van der Waals surface area contributed by atoms with E-state index < -0.39 is 11.7 Å². The summed E-state index contributed by atoms with van der Waals surface area (Å²) in [6, 6.07) is 11.9. The number of halogens is 1. The highest BCUT2D eigenvalue weighted by atomic mass is 32.1. The second-order valence-electron chi connectivity index (χ2n) is 5.68. The molecule has 2 aromatic rings. The van der Waals surface area contributed by atoms with Crippen molar-refractivity contribution >= 4 is 28.9 Å². The molecular formula is C19H22FN3O2S. The van der Waals surface area contributed by atoms with Gasteiger partial charge in [-0.05, 0) is 54.9 Å². The Morgan fingerprint density at radius 1 is 1.15 bits per heavy atom. The summed E-state index contributed by atoms with van der Waals surface area (Å²) in [6.07, 6.45) is 3.35. The largest absolute Gasteiger partial charge is 0.497 e. The molecule has 0 aliphatic carbocycles. The van der Waals surface area contributed by atoms with Gasteiger partial charge in [0.05, 0.1) is 12.7 Å². The molecule has 7 heteroatoms. The molecule has 1 amide bonds. The van der Waals surface area contributed by atoms with E-state index in [1.54, 1.807) is 0 Å². The quantitative estimate of drug-likeness (QED) is 0.529. The van der Waals surface area contributed by atoms with E-state index in [0.717, 1.165) is 31.0 Å². The van der Waals surface area contributed by atoms with Crippen molar-refractivity contribution in [2.45, 2.75) is 26.2 Å². The average Bonchev–Trinajstić information content (AvgIpc) is 2.65. The molecule has 0 unspecified atom stereocenters. The summed E-state index contributed by atoms with van der Waals surface area (Å²) in [4.78, 5) is 12.0. The van der Waals surface area contributed by atoms with Crippen molar-refractivity contribution in [2.75, 3.05) is 12.4 Å². The van der Waals surface area contributed by atoms with Gasteiger partial charge in [-0.3, -0.25) is 15.6 Å². The topological polar surface area (TPSA) is 62.4 Å². The summed E-state index contributed by atoms with van der Waals surface area (Å²) in [7, 11) is 1.43. The van der Waals surface area contributed by atoms with Gasteiger partial charge in [0.25, 0.3) is 5.91 Å². The standard InChI is InChI=1S/C19H22FN3O2S/c1-3-4-5-13-6-8-14(9-7-13)21-19(26)23-22-18(24)16-11-10-15(25-2)12-17(16)20/h6-12H,3-5H2,1-2H3,(H,22,24)(H2,21,23,26). The van der Waals surface area contributed by atoms with Crippen molar-refractivity contribution in [1.29, 1.82) is 0 Å². The Balaban J connectivity index is 1.85. The van der Waals surface area contributed by atoms with Gasteiger partial charge in [0.2, 0.25) is 0 Å². The van der Waals surface area contributed by atoms with E-state index in [4.69, 9.17) is 17.0 Å². The molecule has 138 valence electrons. The van der Waals surface area contributed by atoms with Crippen LogP contribution in [0.4, 0.5) is 10.1 Å². The van der Waals surface area contributed by atoms with Gasteiger partial charge < -0.3 is 10.1 Å². The third-order valence-electron chi connectivity index (χ3n) is 3.74. The van der Waals surface area contributed by atoms with Crippen LogP contribution < -0.4 is 20.9 Å². The molecule has 2 rings (SSSR count). The zero-order valence-corrected chi connectivity index (χ0v) is 15.6. The highest BCUT2D eigenvalue weighted by Crippen LogP contribution is 2.16. The number of hydrogen-bond donors (Lipinski definition) is 3. The number of ether oxygens (including phenoxy) is 1. The number of anilines is 1. The maximum atomic E-state index is 13.9. The Bertz CT molecular complexity index is 766. The number of nitrogens with one attached hydrogen (secondary N) is 3. The van der Waals surface area contributed by atoms with Gasteiger partial charge in [-0.1, -0.05) is 25.5 Å². The molecule has 0 aliphatic heterocycles. The van der Waals surface area contributed by atoms with Gasteiger partial charge in [-0.25, -0.2) is 4.39 Å². The van der Waals surface area contributed by atoms with Gasteiger partial charge >= 0.3 is 0 Å². The molecule has 0 fully saturated rings. The lowest BCUT2D eigenvalue weighted by Gasteiger charge is -2.12. The van der Waals surface area contributed by atoms with E-state index in [2.05, 4.69) is 23.1 Å². The molecular weight excluding hydrogens is 353 g/mol. The monoisotopic (exact) mass is 375 g/mol. The van der Waals surface area contributed by atoms with Crippen molar-refractivity contribution in [1.82, 2.24) is 10.9 Å². The lowest BCUT2D eigenvalue weighted by molar-refractivity contribution is 0.0940. The maximum absolute atomic E-state index is 13.9. The van der Waals surface area contributed by atoms with Crippen molar-refractivity contribution in [3.8, 4) is 5.75 Å². The fraction of sp³-hybridized carbons (Fsp3) is 0.263. The molecule has 0 aromatic heterocycles. The molecule has 0 aliphatic rings. The van der Waals surface area contributed by atoms with Gasteiger partial charge in [0, 0.05) is 11.8 Å². The fourth-order valence-corrected chi connectivity index (χ4v) is 2.45. The zero-order valence-electron chi connectivity index (χ0n) is 14.8. The summed E-state index contributed by atoms with van der Waals surface area (Å²) in [6.45, 7) is 2.16. The lowest BCUT2D eigenvalue weighted by atomic mass is 10.1. The minimum absolute atomic E-state index is 0.110. The molecule has 0 heterocycles. The number of amides is 1. The Morgan fingerprint density at radius 3 is 2.50 bits per heavy atom. The molecule has 0 atom stereocenters. The second kappa shape index (κ2) is 9.72. The van der Waals surface area contributed by atoms with Crippen molar-refractivity contribution in [3.05, 3.63) is 59.4 Å². The molecule has 2 aromatic carbocycles. The summed E-state index contributed by atoms with van der Waals surface area (Å²) in [5.74, 6) is -0.971. The van der Waals surface area contributed by atoms with Crippen LogP contribution in [0.5, 0.6) is 5.75 Å². The molecule has 0 radical (unpaired) electrons. The van der Waals surface area contributed by atoms with Crippen LogP contribution in [0.15, 0.2) is 42.5 Å². The Kier molecular flexibility index (Phi) is 7.35. The van der Waals surface area contributed by atoms with Crippen LogP contribution in [-0.4, -0.2) is 18.1 Å². The normalized spacial score (nSPS) is 10.1. The smallest absolute Gasteiger partial charge is 0.272 e. The van der Waals surface area contributed by atoms with E-state index in [-0.39, 0.29) is 10.7 Å². The summed E-state index contributed by atoms with van der Waals surface area (Å²) >= 11 is 5.13. The first-order valence-electron chi connectivity index (χ1n) is 8.33. The molecule has 0 bridgehead atoms. The predicted molar refractivity (Wildman–Crippen MR) is 105 cm³/mol. The third-order valence-corrected chi connectivity index (χ3v) is 3.95. The van der Waals surface area contributed by atoms with Crippen LogP contribution >= 0.6 is 12.2 Å². The van der Waals surface area contributed by atoms with E-state index in [0.29, 0.717) is 5.75 Å². The molecule has 3 N–H and O–H groups in total. The lowest BCUT2D eigenvalue weighted by Crippen LogP contribution is -2.44. The third kappa shape index (κ3) is 5.70. The predicted octanol–water partition coefficient (Wildman–Crippen LogP) is 3.81. The van der Waals surface area contributed by atoms with Crippen LogP contribution in [0.3, 0.4) is 0 Å². The number of hydrazine groups is 1. The Hall–Kier alpha value is -2.67. The van der Waals surface area contributed by atoms with Gasteiger partial charge in [-0.15, -0.1) is 0 Å². The number of thiocarbonyl (C=S) groups is 1. The fourth-order valence-electron chi connectivity index (χ4n) is 2.29. The maximum Gasteiger partial charge on any atom is 0.272 e.